The number of fused-ring (bicyclic) bond motifs is 1. The number of hydrogen-bond acceptors (Lipinski definition) is 8. The Labute approximate surface area is 206 Å². The van der Waals surface area contributed by atoms with Gasteiger partial charge in [-0.2, -0.15) is 0 Å². The van der Waals surface area contributed by atoms with Crippen molar-refractivity contribution in [1.82, 2.24) is 30.2 Å². The molecule has 0 atom stereocenters. The van der Waals surface area contributed by atoms with Crippen LogP contribution in [0.2, 0.25) is 0 Å². The van der Waals surface area contributed by atoms with Gasteiger partial charge in [0.15, 0.2) is 5.13 Å². The Hall–Kier alpha value is -3.47. The third kappa shape index (κ3) is 4.72. The van der Waals surface area contributed by atoms with Crippen molar-refractivity contribution in [2.24, 2.45) is 0 Å². The summed E-state index contributed by atoms with van der Waals surface area (Å²) in [5, 5.41) is 15.3. The van der Waals surface area contributed by atoms with E-state index in [4.69, 9.17) is 0 Å². The molecule has 11 heteroatoms. The zero-order chi connectivity index (χ0) is 24.5. The SMILES string of the molecule is CC(C)n1nnnc1-c1cccc(NC(=O)c2cc3sc(N(C)C4CCCCC4)nc3cc2F)n1. The number of nitrogens with zero attached hydrogens (tertiary/aromatic N) is 7. The highest BCUT2D eigenvalue weighted by atomic mass is 32.1. The molecule has 5 rings (SSSR count). The van der Waals surface area contributed by atoms with Gasteiger partial charge in [-0.3, -0.25) is 4.79 Å². The van der Waals surface area contributed by atoms with Crippen LogP contribution in [-0.2, 0) is 0 Å². The summed E-state index contributed by atoms with van der Waals surface area (Å²) in [7, 11) is 2.05. The summed E-state index contributed by atoms with van der Waals surface area (Å²) in [5.74, 6) is -0.421. The minimum absolute atomic E-state index is 0.0438. The van der Waals surface area contributed by atoms with Crippen LogP contribution < -0.4 is 10.2 Å². The van der Waals surface area contributed by atoms with Gasteiger partial charge in [0.1, 0.15) is 17.3 Å². The molecule has 3 aromatic heterocycles. The van der Waals surface area contributed by atoms with Crippen LogP contribution >= 0.6 is 11.3 Å². The first-order valence-electron chi connectivity index (χ1n) is 11.8. The molecule has 1 N–H and O–H groups in total. The van der Waals surface area contributed by atoms with Gasteiger partial charge in [0.05, 0.1) is 21.8 Å². The van der Waals surface area contributed by atoms with Gasteiger partial charge in [-0.1, -0.05) is 36.7 Å². The number of halogens is 1. The number of aromatic nitrogens is 6. The number of benzene rings is 1. The monoisotopic (exact) mass is 494 g/mol. The van der Waals surface area contributed by atoms with E-state index in [9.17, 15) is 9.18 Å². The first-order chi connectivity index (χ1) is 16.9. The van der Waals surface area contributed by atoms with E-state index >= 15 is 0 Å². The summed E-state index contributed by atoms with van der Waals surface area (Å²) in [6.45, 7) is 3.92. The maximum absolute atomic E-state index is 14.9. The van der Waals surface area contributed by atoms with E-state index < -0.39 is 11.7 Å². The van der Waals surface area contributed by atoms with E-state index in [1.54, 1.807) is 28.9 Å². The fourth-order valence-corrected chi connectivity index (χ4v) is 5.43. The van der Waals surface area contributed by atoms with E-state index in [2.05, 4.69) is 35.7 Å². The Bertz CT molecular complexity index is 1360. The number of nitrogens with one attached hydrogen (secondary N) is 1. The summed E-state index contributed by atoms with van der Waals surface area (Å²) in [5.41, 5.74) is 1.02. The van der Waals surface area contributed by atoms with Gasteiger partial charge in [0.25, 0.3) is 5.91 Å². The molecule has 182 valence electrons. The van der Waals surface area contributed by atoms with Gasteiger partial charge < -0.3 is 10.2 Å². The molecule has 35 heavy (non-hydrogen) atoms. The third-order valence-electron chi connectivity index (χ3n) is 6.34. The number of anilines is 2. The fraction of sp³-hybridized carbons (Fsp3) is 0.417. The lowest BCUT2D eigenvalue weighted by molar-refractivity contribution is 0.102. The van der Waals surface area contributed by atoms with Gasteiger partial charge in [-0.15, -0.1) is 5.10 Å². The summed E-state index contributed by atoms with van der Waals surface area (Å²) >= 11 is 1.48. The van der Waals surface area contributed by atoms with Crippen LogP contribution in [0.4, 0.5) is 15.3 Å². The molecule has 0 spiro atoms. The largest absolute Gasteiger partial charge is 0.348 e. The molecule has 0 unspecified atom stereocenters. The number of hydrogen-bond donors (Lipinski definition) is 1. The molecular weight excluding hydrogens is 467 g/mol. The smallest absolute Gasteiger partial charge is 0.259 e. The predicted octanol–water partition coefficient (Wildman–Crippen LogP) is 5.09. The molecule has 0 saturated heterocycles. The van der Waals surface area contributed by atoms with Crippen molar-refractivity contribution >= 4 is 38.4 Å². The normalized spacial score (nSPS) is 14.5. The molecule has 0 radical (unpaired) electrons. The lowest BCUT2D eigenvalue weighted by Crippen LogP contribution is -2.33. The summed E-state index contributed by atoms with van der Waals surface area (Å²) < 4.78 is 17.3. The zero-order valence-corrected chi connectivity index (χ0v) is 20.7. The maximum Gasteiger partial charge on any atom is 0.259 e. The molecule has 1 amide bonds. The summed E-state index contributed by atoms with van der Waals surface area (Å²) in [6, 6.07) is 8.54. The highest BCUT2D eigenvalue weighted by molar-refractivity contribution is 7.22. The number of pyridine rings is 1. The van der Waals surface area contributed by atoms with Gasteiger partial charge in [0, 0.05) is 19.2 Å². The zero-order valence-electron chi connectivity index (χ0n) is 19.9. The number of carbonyl (C=O) groups excluding carboxylic acids is 1. The number of tetrazole rings is 1. The van der Waals surface area contributed by atoms with Crippen LogP contribution in [0, 0.1) is 5.82 Å². The Balaban J connectivity index is 1.38. The van der Waals surface area contributed by atoms with Crippen LogP contribution in [-0.4, -0.2) is 49.2 Å². The van der Waals surface area contributed by atoms with Crippen molar-refractivity contribution in [3.05, 3.63) is 41.7 Å². The van der Waals surface area contributed by atoms with Crippen molar-refractivity contribution in [3.8, 4) is 11.5 Å². The molecule has 1 aliphatic rings. The van der Waals surface area contributed by atoms with Crippen LogP contribution in [0.15, 0.2) is 30.3 Å². The molecule has 9 nitrogen and oxygen atoms in total. The second-order valence-electron chi connectivity index (χ2n) is 9.10. The van der Waals surface area contributed by atoms with Crippen LogP contribution in [0.25, 0.3) is 21.7 Å². The Kier molecular flexibility index (Phi) is 6.42. The number of thiazole rings is 1. The van der Waals surface area contributed by atoms with Gasteiger partial charge >= 0.3 is 0 Å². The van der Waals surface area contributed by atoms with Gasteiger partial charge in [-0.05, 0) is 55.3 Å². The summed E-state index contributed by atoms with van der Waals surface area (Å²) in [4.78, 5) is 24.3. The average molecular weight is 495 g/mol. The quantitative estimate of drug-likeness (QED) is 0.398. The van der Waals surface area contributed by atoms with Crippen LogP contribution in [0.1, 0.15) is 62.4 Å². The molecule has 4 aromatic rings. The number of carbonyl (C=O) groups is 1. The van der Waals surface area contributed by atoms with E-state index in [1.807, 2.05) is 20.9 Å². The Morgan fingerprint density at radius 3 is 2.77 bits per heavy atom. The Morgan fingerprint density at radius 1 is 1.20 bits per heavy atom. The first-order valence-corrected chi connectivity index (χ1v) is 12.6. The number of rotatable bonds is 6. The second kappa shape index (κ2) is 9.65. The minimum Gasteiger partial charge on any atom is -0.348 e. The molecule has 1 aromatic carbocycles. The molecule has 0 aliphatic heterocycles. The van der Waals surface area contributed by atoms with Gasteiger partial charge in [0.2, 0.25) is 5.82 Å². The molecule has 3 heterocycles. The van der Waals surface area contributed by atoms with Crippen molar-refractivity contribution in [2.45, 2.75) is 58.0 Å². The average Bonchev–Trinajstić information content (AvgIpc) is 3.51. The first kappa shape index (κ1) is 23.3. The highest BCUT2D eigenvalue weighted by Gasteiger charge is 2.22. The predicted molar refractivity (Wildman–Crippen MR) is 134 cm³/mol. The Morgan fingerprint density at radius 2 is 2.00 bits per heavy atom. The second-order valence-corrected chi connectivity index (χ2v) is 10.1. The van der Waals surface area contributed by atoms with Crippen molar-refractivity contribution in [2.75, 3.05) is 17.3 Å². The van der Waals surface area contributed by atoms with E-state index in [0.29, 0.717) is 23.1 Å². The van der Waals surface area contributed by atoms with E-state index in [-0.39, 0.29) is 17.4 Å². The third-order valence-corrected chi connectivity index (χ3v) is 7.45. The van der Waals surface area contributed by atoms with Crippen LogP contribution in [0.3, 0.4) is 0 Å². The standard InChI is InChI=1S/C24H27FN8OS/c1-14(2)33-22(29-30-31-33)18-10-7-11-21(26-18)28-23(34)16-12-20-19(13-17(16)25)27-24(35-20)32(3)15-8-5-4-6-9-15/h7,10-15H,4-6,8-9H2,1-3H3,(H,26,28,34). The lowest BCUT2D eigenvalue weighted by Gasteiger charge is -2.30. The highest BCUT2D eigenvalue weighted by Crippen LogP contribution is 2.34. The summed E-state index contributed by atoms with van der Waals surface area (Å²) in [6.07, 6.45) is 6.01. The topological polar surface area (TPSA) is 102 Å². The van der Waals surface area contributed by atoms with Crippen molar-refractivity contribution < 1.29 is 9.18 Å². The fourth-order valence-electron chi connectivity index (χ4n) is 4.41. The molecule has 1 fully saturated rings. The maximum atomic E-state index is 14.9. The van der Waals surface area contributed by atoms with E-state index in [1.165, 1.54) is 36.7 Å². The van der Waals surface area contributed by atoms with E-state index in [0.717, 1.165) is 22.7 Å². The molecule has 1 saturated carbocycles. The number of amides is 1. The van der Waals surface area contributed by atoms with Gasteiger partial charge in [-0.25, -0.2) is 19.0 Å². The molecule has 1 aliphatic carbocycles. The van der Waals surface area contributed by atoms with Crippen LogP contribution in [0.5, 0.6) is 0 Å². The minimum atomic E-state index is -0.618. The molecule has 0 bridgehead atoms. The lowest BCUT2D eigenvalue weighted by atomic mass is 9.95. The van der Waals surface area contributed by atoms with Crippen molar-refractivity contribution in [3.63, 3.8) is 0 Å². The van der Waals surface area contributed by atoms with Crippen molar-refractivity contribution in [1.29, 1.82) is 0 Å². The molecular formula is C24H27FN8OS.